The Balaban J connectivity index is 2.87. The number of benzene rings is 1. The first-order chi connectivity index (χ1) is 10.1. The number of nitro benzene ring substituents is 1. The summed E-state index contributed by atoms with van der Waals surface area (Å²) in [6.07, 6.45) is 1.83. The maximum atomic E-state index is 11.8. The molecule has 1 aromatic rings. The van der Waals surface area contributed by atoms with Gasteiger partial charge in [-0.1, -0.05) is 12.1 Å². The molecule has 0 aliphatic carbocycles. The lowest BCUT2D eigenvalue weighted by molar-refractivity contribution is -0.385. The Morgan fingerprint density at radius 3 is 2.86 bits per heavy atom. The minimum Gasteiger partial charge on any atom is -0.385 e. The molecule has 0 atom stereocenters. The second-order valence-corrected chi connectivity index (χ2v) is 4.09. The van der Waals surface area contributed by atoms with Crippen molar-refractivity contribution in [3.05, 3.63) is 45.5 Å². The number of para-hydroxylation sites is 1. The molecule has 7 nitrogen and oxygen atoms in total. The van der Waals surface area contributed by atoms with Gasteiger partial charge in [-0.05, 0) is 18.6 Å². The molecule has 0 bridgehead atoms. The van der Waals surface area contributed by atoms with Gasteiger partial charge >= 0.3 is 0 Å². The van der Waals surface area contributed by atoms with E-state index in [-0.39, 0.29) is 16.8 Å². The lowest BCUT2D eigenvalue weighted by Gasteiger charge is -2.04. The quantitative estimate of drug-likeness (QED) is 0.270. The molecule has 7 heteroatoms. The van der Waals surface area contributed by atoms with Gasteiger partial charge in [-0.3, -0.25) is 14.9 Å². The molecule has 0 unspecified atom stereocenters. The monoisotopic (exact) mass is 289 g/mol. The number of nitriles is 1. The first-order valence-electron chi connectivity index (χ1n) is 6.22. The highest BCUT2D eigenvalue weighted by Gasteiger charge is 2.14. The molecule has 21 heavy (non-hydrogen) atoms. The fraction of sp³-hybridized carbons (Fsp3) is 0.286. The molecule has 0 aromatic heterocycles. The molecule has 0 saturated heterocycles. The SMILES string of the molecule is COCCCNC(=O)/C(C#N)=C/c1ccccc1[N+](=O)[O-]. The number of methoxy groups -OCH3 is 1. The van der Waals surface area contributed by atoms with Crippen LogP contribution in [0.2, 0.25) is 0 Å². The van der Waals surface area contributed by atoms with E-state index < -0.39 is 10.8 Å². The van der Waals surface area contributed by atoms with E-state index in [9.17, 15) is 14.9 Å². The highest BCUT2D eigenvalue weighted by molar-refractivity contribution is 6.02. The van der Waals surface area contributed by atoms with Crippen LogP contribution in [0.4, 0.5) is 5.69 Å². The lowest BCUT2D eigenvalue weighted by atomic mass is 10.1. The molecule has 1 aromatic carbocycles. The van der Waals surface area contributed by atoms with Gasteiger partial charge in [0.05, 0.1) is 10.5 Å². The number of carbonyl (C=O) groups is 1. The van der Waals surface area contributed by atoms with E-state index in [0.29, 0.717) is 19.6 Å². The van der Waals surface area contributed by atoms with Crippen molar-refractivity contribution in [3.63, 3.8) is 0 Å². The largest absolute Gasteiger partial charge is 0.385 e. The molecule has 0 heterocycles. The molecule has 0 aliphatic rings. The highest BCUT2D eigenvalue weighted by atomic mass is 16.6. The van der Waals surface area contributed by atoms with Crippen molar-refractivity contribution >= 4 is 17.7 Å². The fourth-order valence-corrected chi connectivity index (χ4v) is 1.59. The van der Waals surface area contributed by atoms with Crippen molar-refractivity contribution in [2.45, 2.75) is 6.42 Å². The number of carbonyl (C=O) groups excluding carboxylic acids is 1. The average molecular weight is 289 g/mol. The van der Waals surface area contributed by atoms with E-state index in [1.807, 2.05) is 0 Å². The number of nitro groups is 1. The molecule has 1 N–H and O–H groups in total. The van der Waals surface area contributed by atoms with Crippen molar-refractivity contribution in [1.29, 1.82) is 5.26 Å². The van der Waals surface area contributed by atoms with Gasteiger partial charge in [0, 0.05) is 26.3 Å². The Kier molecular flexibility index (Phi) is 6.57. The average Bonchev–Trinajstić information content (AvgIpc) is 2.49. The predicted molar refractivity (Wildman–Crippen MR) is 76.2 cm³/mol. The van der Waals surface area contributed by atoms with E-state index in [2.05, 4.69) is 5.32 Å². The smallest absolute Gasteiger partial charge is 0.276 e. The summed E-state index contributed by atoms with van der Waals surface area (Å²) in [5.41, 5.74) is -0.120. The van der Waals surface area contributed by atoms with Gasteiger partial charge in [0.2, 0.25) is 0 Å². The van der Waals surface area contributed by atoms with E-state index in [0.717, 1.165) is 0 Å². The summed E-state index contributed by atoms with van der Waals surface area (Å²) in [6.45, 7) is 0.860. The molecule has 0 fully saturated rings. The van der Waals surface area contributed by atoms with E-state index in [4.69, 9.17) is 10.00 Å². The summed E-state index contributed by atoms with van der Waals surface area (Å²) < 4.78 is 4.84. The summed E-state index contributed by atoms with van der Waals surface area (Å²) in [6, 6.07) is 7.67. The summed E-state index contributed by atoms with van der Waals surface area (Å²) in [5.74, 6) is -0.563. The van der Waals surface area contributed by atoms with Crippen molar-refractivity contribution < 1.29 is 14.5 Å². The molecule has 0 spiro atoms. The topological polar surface area (TPSA) is 105 Å². The van der Waals surface area contributed by atoms with Crippen molar-refractivity contribution in [1.82, 2.24) is 5.32 Å². The van der Waals surface area contributed by atoms with Crippen LogP contribution in [0.15, 0.2) is 29.8 Å². The molecule has 0 radical (unpaired) electrons. The number of hydrogen-bond acceptors (Lipinski definition) is 5. The minimum atomic E-state index is -0.563. The maximum absolute atomic E-state index is 11.8. The number of rotatable bonds is 7. The summed E-state index contributed by atoms with van der Waals surface area (Å²) in [5, 5.41) is 22.5. The van der Waals surface area contributed by atoms with Crippen LogP contribution in [0, 0.1) is 21.4 Å². The predicted octanol–water partition coefficient (Wildman–Crippen LogP) is 1.65. The molecule has 1 rings (SSSR count). The number of nitrogens with one attached hydrogen (secondary N) is 1. The maximum Gasteiger partial charge on any atom is 0.276 e. The Morgan fingerprint density at radius 1 is 1.52 bits per heavy atom. The molecule has 1 amide bonds. The molecule has 110 valence electrons. The Labute approximate surface area is 122 Å². The van der Waals surface area contributed by atoms with E-state index in [1.54, 1.807) is 19.2 Å². The number of nitrogens with zero attached hydrogens (tertiary/aromatic N) is 2. The standard InChI is InChI=1S/C14H15N3O4/c1-21-8-4-7-16-14(18)12(10-15)9-11-5-2-3-6-13(11)17(19)20/h2-3,5-6,9H,4,7-8H2,1H3,(H,16,18)/b12-9+. The van der Waals surface area contributed by atoms with Gasteiger partial charge in [0.15, 0.2) is 0 Å². The van der Waals surface area contributed by atoms with E-state index >= 15 is 0 Å². The number of hydrogen-bond donors (Lipinski definition) is 1. The van der Waals surface area contributed by atoms with Crippen LogP contribution in [0.5, 0.6) is 0 Å². The van der Waals surface area contributed by atoms with Crippen LogP contribution in [-0.4, -0.2) is 31.1 Å². The van der Waals surface area contributed by atoms with Gasteiger partial charge in [-0.25, -0.2) is 0 Å². The molecular weight excluding hydrogens is 274 g/mol. The third-order valence-corrected chi connectivity index (χ3v) is 2.61. The first kappa shape index (κ1) is 16.3. The van der Waals surface area contributed by atoms with Crippen molar-refractivity contribution in [2.24, 2.45) is 0 Å². The summed E-state index contributed by atoms with van der Waals surface area (Å²) in [4.78, 5) is 22.1. The van der Waals surface area contributed by atoms with E-state index in [1.165, 1.54) is 24.3 Å². The minimum absolute atomic E-state index is 0.155. The van der Waals surface area contributed by atoms with Gasteiger partial charge < -0.3 is 10.1 Å². The zero-order valence-electron chi connectivity index (χ0n) is 11.5. The zero-order valence-corrected chi connectivity index (χ0v) is 11.5. The summed E-state index contributed by atoms with van der Waals surface area (Å²) >= 11 is 0. The van der Waals surface area contributed by atoms with Crippen LogP contribution in [-0.2, 0) is 9.53 Å². The van der Waals surface area contributed by atoms with Crippen molar-refractivity contribution in [2.75, 3.05) is 20.3 Å². The Hall–Kier alpha value is -2.72. The van der Waals surface area contributed by atoms with Crippen molar-refractivity contribution in [3.8, 4) is 6.07 Å². The van der Waals surface area contributed by atoms with Gasteiger partial charge in [-0.2, -0.15) is 5.26 Å². The fourth-order valence-electron chi connectivity index (χ4n) is 1.59. The second kappa shape index (κ2) is 8.45. The van der Waals surface area contributed by atoms with Gasteiger partial charge in [-0.15, -0.1) is 0 Å². The van der Waals surface area contributed by atoms with Crippen LogP contribution in [0.3, 0.4) is 0 Å². The molecule has 0 saturated carbocycles. The highest BCUT2D eigenvalue weighted by Crippen LogP contribution is 2.20. The van der Waals surface area contributed by atoms with Gasteiger partial charge in [0.1, 0.15) is 11.6 Å². The normalized spacial score (nSPS) is 10.8. The van der Waals surface area contributed by atoms with Crippen LogP contribution in [0.25, 0.3) is 6.08 Å². The Morgan fingerprint density at radius 2 is 2.24 bits per heavy atom. The second-order valence-electron chi connectivity index (χ2n) is 4.09. The van der Waals surface area contributed by atoms with Crippen LogP contribution < -0.4 is 5.32 Å². The molecule has 0 aliphatic heterocycles. The third kappa shape index (κ3) is 5.04. The Bertz CT molecular complexity index is 590. The third-order valence-electron chi connectivity index (χ3n) is 2.61. The zero-order chi connectivity index (χ0) is 15.7. The van der Waals surface area contributed by atoms with Gasteiger partial charge in [0.25, 0.3) is 11.6 Å². The van der Waals surface area contributed by atoms with Crippen LogP contribution >= 0.6 is 0 Å². The number of amides is 1. The molecular formula is C14H15N3O4. The summed E-state index contributed by atoms with van der Waals surface area (Å²) in [7, 11) is 1.55. The first-order valence-corrected chi connectivity index (χ1v) is 6.22. The number of ether oxygens (including phenoxy) is 1. The van der Waals surface area contributed by atoms with Crippen LogP contribution in [0.1, 0.15) is 12.0 Å². The lowest BCUT2D eigenvalue weighted by Crippen LogP contribution is -2.26.